The van der Waals surface area contributed by atoms with Crippen LogP contribution in [0, 0.1) is 0 Å². The molecule has 0 unspecified atom stereocenters. The van der Waals surface area contributed by atoms with E-state index < -0.39 is 0 Å². The van der Waals surface area contributed by atoms with Crippen molar-refractivity contribution in [2.24, 2.45) is 5.73 Å². The van der Waals surface area contributed by atoms with Crippen molar-refractivity contribution < 1.29 is 0 Å². The van der Waals surface area contributed by atoms with E-state index in [1.54, 1.807) is 0 Å². The van der Waals surface area contributed by atoms with Crippen molar-refractivity contribution in [3.8, 4) is 0 Å². The van der Waals surface area contributed by atoms with Gasteiger partial charge in [-0.1, -0.05) is 0 Å². The van der Waals surface area contributed by atoms with E-state index in [1.165, 1.54) is 5.69 Å². The van der Waals surface area contributed by atoms with E-state index in [2.05, 4.69) is 23.8 Å². The van der Waals surface area contributed by atoms with E-state index in [0.29, 0.717) is 0 Å². The van der Waals surface area contributed by atoms with Crippen LogP contribution in [0.1, 0.15) is 25.6 Å². The zero-order chi connectivity index (χ0) is 7.56. The molecule has 1 rings (SSSR count). The Balaban J connectivity index is 2.90. The molecule has 0 spiro atoms. The fourth-order valence-corrected chi connectivity index (χ4v) is 1.13. The molecule has 0 aliphatic carbocycles. The van der Waals surface area contributed by atoms with Gasteiger partial charge >= 0.3 is 0 Å². The van der Waals surface area contributed by atoms with Crippen LogP contribution >= 0.6 is 0 Å². The Morgan fingerprint density at radius 1 is 1.70 bits per heavy atom. The van der Waals surface area contributed by atoms with Gasteiger partial charge in [-0.2, -0.15) is 0 Å². The van der Waals surface area contributed by atoms with E-state index in [9.17, 15) is 0 Å². The van der Waals surface area contributed by atoms with E-state index in [-0.39, 0.29) is 6.04 Å². The van der Waals surface area contributed by atoms with E-state index in [0.717, 1.165) is 6.54 Å². The number of hydrogen-bond acceptors (Lipinski definition) is 1. The molecule has 1 heterocycles. The van der Waals surface area contributed by atoms with Crippen LogP contribution in [0.4, 0.5) is 0 Å². The summed E-state index contributed by atoms with van der Waals surface area (Å²) in [6.45, 7) is 5.12. The van der Waals surface area contributed by atoms with Gasteiger partial charge < -0.3 is 10.3 Å². The van der Waals surface area contributed by atoms with Gasteiger partial charge in [-0.3, -0.25) is 0 Å². The zero-order valence-electron chi connectivity index (χ0n) is 6.54. The summed E-state index contributed by atoms with van der Waals surface area (Å²) in [7, 11) is 0. The van der Waals surface area contributed by atoms with Gasteiger partial charge in [0.25, 0.3) is 0 Å². The summed E-state index contributed by atoms with van der Waals surface area (Å²) in [5, 5.41) is 0. The molecule has 1 atom stereocenters. The molecule has 0 bridgehead atoms. The van der Waals surface area contributed by atoms with Crippen molar-refractivity contribution in [3.05, 3.63) is 24.0 Å². The molecule has 0 aliphatic rings. The van der Waals surface area contributed by atoms with Crippen molar-refractivity contribution in [1.29, 1.82) is 0 Å². The topological polar surface area (TPSA) is 30.9 Å². The third kappa shape index (κ3) is 1.21. The van der Waals surface area contributed by atoms with Gasteiger partial charge in [0.1, 0.15) is 0 Å². The number of nitrogens with zero attached hydrogens (tertiary/aromatic N) is 1. The van der Waals surface area contributed by atoms with Crippen LogP contribution in [0.2, 0.25) is 0 Å². The molecule has 1 aromatic rings. The molecule has 0 saturated carbocycles. The van der Waals surface area contributed by atoms with Crippen LogP contribution < -0.4 is 5.73 Å². The van der Waals surface area contributed by atoms with Crippen molar-refractivity contribution >= 4 is 0 Å². The molecular weight excluding hydrogens is 124 g/mol. The van der Waals surface area contributed by atoms with Crippen molar-refractivity contribution in [1.82, 2.24) is 4.57 Å². The molecule has 2 nitrogen and oxygen atoms in total. The Labute approximate surface area is 61.7 Å². The first-order valence-electron chi connectivity index (χ1n) is 3.66. The molecule has 0 aliphatic heterocycles. The lowest BCUT2D eigenvalue weighted by atomic mass is 10.2. The molecule has 0 amide bonds. The average Bonchev–Trinajstić information content (AvgIpc) is 2.33. The van der Waals surface area contributed by atoms with Crippen LogP contribution in [0.25, 0.3) is 0 Å². The number of rotatable bonds is 2. The highest BCUT2D eigenvalue weighted by atomic mass is 15.0. The molecule has 2 heteroatoms. The molecule has 0 fully saturated rings. The molecule has 0 saturated heterocycles. The summed E-state index contributed by atoms with van der Waals surface area (Å²) in [4.78, 5) is 0. The minimum absolute atomic E-state index is 0.148. The Kier molecular flexibility index (Phi) is 2.12. The van der Waals surface area contributed by atoms with Gasteiger partial charge in [0.2, 0.25) is 0 Å². The molecule has 10 heavy (non-hydrogen) atoms. The summed E-state index contributed by atoms with van der Waals surface area (Å²) < 4.78 is 2.16. The van der Waals surface area contributed by atoms with E-state index >= 15 is 0 Å². The fraction of sp³-hybridized carbons (Fsp3) is 0.500. The van der Waals surface area contributed by atoms with Crippen molar-refractivity contribution in [2.75, 3.05) is 0 Å². The lowest BCUT2D eigenvalue weighted by Crippen LogP contribution is -2.10. The zero-order valence-corrected chi connectivity index (χ0v) is 6.54. The molecule has 1 aromatic heterocycles. The maximum atomic E-state index is 5.71. The van der Waals surface area contributed by atoms with Gasteiger partial charge in [0.05, 0.1) is 0 Å². The largest absolute Gasteiger partial charge is 0.350 e. The Bertz CT molecular complexity index is 201. The second-order valence-corrected chi connectivity index (χ2v) is 2.51. The lowest BCUT2D eigenvalue weighted by Gasteiger charge is -2.08. The Morgan fingerprint density at radius 3 is 2.80 bits per heavy atom. The maximum Gasteiger partial charge on any atom is 0.0421 e. The predicted octanol–water partition coefficient (Wildman–Crippen LogP) is 1.53. The monoisotopic (exact) mass is 138 g/mol. The fourth-order valence-electron chi connectivity index (χ4n) is 1.13. The number of aryl methyl sites for hydroxylation is 1. The quantitative estimate of drug-likeness (QED) is 0.660. The van der Waals surface area contributed by atoms with Crippen molar-refractivity contribution in [3.63, 3.8) is 0 Å². The number of nitrogens with two attached hydrogens (primary N) is 1. The van der Waals surface area contributed by atoms with Gasteiger partial charge in [-0.25, -0.2) is 0 Å². The molecule has 2 N–H and O–H groups in total. The third-order valence-electron chi connectivity index (χ3n) is 1.67. The summed E-state index contributed by atoms with van der Waals surface area (Å²) in [6, 6.07) is 4.24. The average molecular weight is 138 g/mol. The first-order valence-corrected chi connectivity index (χ1v) is 3.66. The van der Waals surface area contributed by atoms with Crippen molar-refractivity contribution in [2.45, 2.75) is 26.4 Å². The van der Waals surface area contributed by atoms with Gasteiger partial charge in [0, 0.05) is 24.5 Å². The van der Waals surface area contributed by atoms with Crippen LogP contribution in [-0.4, -0.2) is 4.57 Å². The lowest BCUT2D eigenvalue weighted by molar-refractivity contribution is 0.658. The first-order chi connectivity index (χ1) is 4.75. The standard InChI is InChI=1S/C8H14N2/c1-3-10-6-4-5-8(10)7(2)9/h4-7H,3,9H2,1-2H3/t7-/m1/s1. The van der Waals surface area contributed by atoms with Gasteiger partial charge in [0.15, 0.2) is 0 Å². The normalized spacial score (nSPS) is 13.5. The second-order valence-electron chi connectivity index (χ2n) is 2.51. The summed E-state index contributed by atoms with van der Waals surface area (Å²) >= 11 is 0. The van der Waals surface area contributed by atoms with Crippen LogP contribution in [0.3, 0.4) is 0 Å². The van der Waals surface area contributed by atoms with E-state index in [1.807, 2.05) is 13.0 Å². The highest BCUT2D eigenvalue weighted by Gasteiger charge is 2.01. The maximum absolute atomic E-state index is 5.71. The Hall–Kier alpha value is -0.760. The molecule has 56 valence electrons. The summed E-state index contributed by atoms with van der Waals surface area (Å²) in [6.07, 6.45) is 2.05. The van der Waals surface area contributed by atoms with Gasteiger partial charge in [-0.05, 0) is 26.0 Å². The highest BCUT2D eigenvalue weighted by Crippen LogP contribution is 2.09. The minimum Gasteiger partial charge on any atom is -0.350 e. The van der Waals surface area contributed by atoms with Gasteiger partial charge in [-0.15, -0.1) is 0 Å². The predicted molar refractivity (Wildman–Crippen MR) is 42.7 cm³/mol. The minimum atomic E-state index is 0.148. The second kappa shape index (κ2) is 2.88. The first kappa shape index (κ1) is 7.35. The SMILES string of the molecule is CCn1cccc1[C@@H](C)N. The smallest absolute Gasteiger partial charge is 0.0421 e. The third-order valence-corrected chi connectivity index (χ3v) is 1.67. The Morgan fingerprint density at radius 2 is 2.40 bits per heavy atom. The molecule has 0 aromatic carbocycles. The molecule has 0 radical (unpaired) electrons. The van der Waals surface area contributed by atoms with Crippen LogP contribution in [-0.2, 0) is 6.54 Å². The number of aromatic nitrogens is 1. The van der Waals surface area contributed by atoms with Crippen LogP contribution in [0.15, 0.2) is 18.3 Å². The van der Waals surface area contributed by atoms with Crippen LogP contribution in [0.5, 0.6) is 0 Å². The van der Waals surface area contributed by atoms with E-state index in [4.69, 9.17) is 5.73 Å². The number of hydrogen-bond donors (Lipinski definition) is 1. The highest BCUT2D eigenvalue weighted by molar-refractivity contribution is 5.10. The summed E-state index contributed by atoms with van der Waals surface area (Å²) in [5.74, 6) is 0. The molecular formula is C8H14N2. The summed E-state index contributed by atoms with van der Waals surface area (Å²) in [5.41, 5.74) is 6.92.